The Morgan fingerprint density at radius 3 is 2.92 bits per heavy atom. The lowest BCUT2D eigenvalue weighted by atomic mass is 9.96. The Balaban J connectivity index is 1.44. The molecule has 1 aliphatic rings. The van der Waals surface area contributed by atoms with Crippen molar-refractivity contribution in [1.82, 2.24) is 16.0 Å². The van der Waals surface area contributed by atoms with Gasteiger partial charge in [0.15, 0.2) is 0 Å². The number of carbonyl (C=O) groups is 1. The lowest BCUT2D eigenvalue weighted by Gasteiger charge is -2.26. The molecule has 3 N–H and O–H groups in total. The van der Waals surface area contributed by atoms with Crippen LogP contribution in [0.1, 0.15) is 30.0 Å². The number of nitrogens with one attached hydrogen (secondary N) is 3. The van der Waals surface area contributed by atoms with Crippen molar-refractivity contribution < 1.29 is 4.79 Å². The molecule has 4 nitrogen and oxygen atoms in total. The third-order valence-electron chi connectivity index (χ3n) is 4.57. The van der Waals surface area contributed by atoms with E-state index in [4.69, 9.17) is 0 Å². The van der Waals surface area contributed by atoms with Crippen LogP contribution in [0.4, 0.5) is 4.79 Å². The zero-order valence-corrected chi connectivity index (χ0v) is 14.9. The molecule has 24 heavy (non-hydrogen) atoms. The van der Waals surface area contributed by atoms with Gasteiger partial charge < -0.3 is 16.0 Å². The van der Waals surface area contributed by atoms with Gasteiger partial charge in [-0.25, -0.2) is 4.79 Å². The Bertz CT molecular complexity index is 656. The second-order valence-corrected chi connectivity index (χ2v) is 7.13. The van der Waals surface area contributed by atoms with Crippen molar-refractivity contribution >= 4 is 17.4 Å². The maximum Gasteiger partial charge on any atom is 0.315 e. The number of thiophene rings is 1. The molecule has 2 heterocycles. The standard InChI is InChI=1S/C19H25N3OS/c1-2-17(9-14-7-8-24-13-14)22-19(23)21-12-18-10-15-5-3-4-6-16(15)11-20-18/h3-8,13,17-18,20H,2,9-12H2,1H3,(H2,21,22,23). The summed E-state index contributed by atoms with van der Waals surface area (Å²) in [5.41, 5.74) is 4.03. The fourth-order valence-electron chi connectivity index (χ4n) is 3.11. The van der Waals surface area contributed by atoms with Crippen LogP contribution in [0.3, 0.4) is 0 Å². The number of carbonyl (C=O) groups excluding carboxylic acids is 1. The molecule has 0 radical (unpaired) electrons. The fourth-order valence-corrected chi connectivity index (χ4v) is 3.79. The first-order valence-corrected chi connectivity index (χ1v) is 9.54. The molecule has 2 aromatic rings. The average Bonchev–Trinajstić information content (AvgIpc) is 3.12. The zero-order valence-electron chi connectivity index (χ0n) is 14.0. The Hall–Kier alpha value is -1.85. The Labute approximate surface area is 147 Å². The second-order valence-electron chi connectivity index (χ2n) is 6.35. The van der Waals surface area contributed by atoms with E-state index in [9.17, 15) is 4.79 Å². The van der Waals surface area contributed by atoms with Gasteiger partial charge in [0.05, 0.1) is 0 Å². The van der Waals surface area contributed by atoms with Crippen molar-refractivity contribution in [3.8, 4) is 0 Å². The Morgan fingerprint density at radius 2 is 2.17 bits per heavy atom. The van der Waals surface area contributed by atoms with Gasteiger partial charge in [-0.2, -0.15) is 11.3 Å². The van der Waals surface area contributed by atoms with Crippen LogP contribution >= 0.6 is 11.3 Å². The third kappa shape index (κ3) is 4.58. The van der Waals surface area contributed by atoms with E-state index >= 15 is 0 Å². The van der Waals surface area contributed by atoms with Gasteiger partial charge >= 0.3 is 6.03 Å². The number of rotatable bonds is 6. The first kappa shape index (κ1) is 17.0. The zero-order chi connectivity index (χ0) is 16.8. The SMILES string of the molecule is CCC(Cc1ccsc1)NC(=O)NCC1Cc2ccccc2CN1. The predicted molar refractivity (Wildman–Crippen MR) is 99.4 cm³/mol. The minimum Gasteiger partial charge on any atom is -0.337 e. The lowest BCUT2D eigenvalue weighted by Crippen LogP contribution is -2.49. The van der Waals surface area contributed by atoms with Crippen molar-refractivity contribution in [2.45, 2.75) is 44.8 Å². The monoisotopic (exact) mass is 343 g/mol. The van der Waals surface area contributed by atoms with E-state index < -0.39 is 0 Å². The summed E-state index contributed by atoms with van der Waals surface area (Å²) in [6.45, 7) is 3.63. The van der Waals surface area contributed by atoms with E-state index in [1.165, 1.54) is 16.7 Å². The summed E-state index contributed by atoms with van der Waals surface area (Å²) in [5, 5.41) is 13.8. The number of hydrogen-bond donors (Lipinski definition) is 3. The van der Waals surface area contributed by atoms with E-state index in [0.29, 0.717) is 12.6 Å². The highest BCUT2D eigenvalue weighted by Crippen LogP contribution is 2.15. The highest BCUT2D eigenvalue weighted by atomic mass is 32.1. The number of amides is 2. The molecule has 0 spiro atoms. The van der Waals surface area contributed by atoms with Crippen LogP contribution < -0.4 is 16.0 Å². The molecule has 0 saturated carbocycles. The van der Waals surface area contributed by atoms with Gasteiger partial charge in [-0.05, 0) is 52.8 Å². The second kappa shape index (κ2) is 8.31. The molecular formula is C19H25N3OS. The Kier molecular flexibility index (Phi) is 5.88. The molecule has 3 rings (SSSR count). The third-order valence-corrected chi connectivity index (χ3v) is 5.30. The van der Waals surface area contributed by atoms with Crippen LogP contribution in [0.25, 0.3) is 0 Å². The summed E-state index contributed by atoms with van der Waals surface area (Å²) in [6.07, 6.45) is 2.78. The molecule has 1 aromatic heterocycles. The highest BCUT2D eigenvalue weighted by molar-refractivity contribution is 7.07. The van der Waals surface area contributed by atoms with Gasteiger partial charge in [0, 0.05) is 25.2 Å². The van der Waals surface area contributed by atoms with Gasteiger partial charge in [0.2, 0.25) is 0 Å². The molecule has 0 saturated heterocycles. The smallest absolute Gasteiger partial charge is 0.315 e. The summed E-state index contributed by atoms with van der Waals surface area (Å²) in [5.74, 6) is 0. The molecule has 2 unspecified atom stereocenters. The van der Waals surface area contributed by atoms with E-state index in [-0.39, 0.29) is 12.1 Å². The van der Waals surface area contributed by atoms with Crippen LogP contribution in [-0.2, 0) is 19.4 Å². The van der Waals surface area contributed by atoms with Crippen LogP contribution in [0.15, 0.2) is 41.1 Å². The molecule has 0 aliphatic carbocycles. The maximum absolute atomic E-state index is 12.2. The first-order valence-electron chi connectivity index (χ1n) is 8.60. The first-order chi connectivity index (χ1) is 11.7. The van der Waals surface area contributed by atoms with Gasteiger partial charge in [-0.1, -0.05) is 31.2 Å². The molecule has 5 heteroatoms. The molecule has 2 atom stereocenters. The van der Waals surface area contributed by atoms with Crippen molar-refractivity contribution in [3.63, 3.8) is 0 Å². The number of urea groups is 1. The molecule has 2 amide bonds. The minimum atomic E-state index is -0.0715. The predicted octanol–water partition coefficient (Wildman–Crippen LogP) is 3.08. The summed E-state index contributed by atoms with van der Waals surface area (Å²) in [4.78, 5) is 12.2. The number of hydrogen-bond acceptors (Lipinski definition) is 3. The Morgan fingerprint density at radius 1 is 1.33 bits per heavy atom. The maximum atomic E-state index is 12.2. The van der Waals surface area contributed by atoms with Crippen molar-refractivity contribution in [2.75, 3.05) is 6.54 Å². The van der Waals surface area contributed by atoms with Crippen LogP contribution in [0, 0.1) is 0 Å². The molecule has 128 valence electrons. The van der Waals surface area contributed by atoms with Crippen molar-refractivity contribution in [2.24, 2.45) is 0 Å². The normalized spacial score (nSPS) is 17.8. The summed E-state index contributed by atoms with van der Waals surface area (Å²) in [7, 11) is 0. The van der Waals surface area contributed by atoms with Gasteiger partial charge in [0.25, 0.3) is 0 Å². The van der Waals surface area contributed by atoms with Crippen LogP contribution in [0.5, 0.6) is 0 Å². The van der Waals surface area contributed by atoms with E-state index in [1.54, 1.807) is 11.3 Å². The average molecular weight is 343 g/mol. The summed E-state index contributed by atoms with van der Waals surface area (Å²) >= 11 is 1.70. The van der Waals surface area contributed by atoms with Crippen LogP contribution in [-0.4, -0.2) is 24.7 Å². The van der Waals surface area contributed by atoms with E-state index in [2.05, 4.69) is 64.0 Å². The van der Waals surface area contributed by atoms with E-state index in [0.717, 1.165) is 25.8 Å². The number of benzene rings is 1. The minimum absolute atomic E-state index is 0.0715. The highest BCUT2D eigenvalue weighted by Gasteiger charge is 2.18. The van der Waals surface area contributed by atoms with Crippen LogP contribution in [0.2, 0.25) is 0 Å². The lowest BCUT2D eigenvalue weighted by molar-refractivity contribution is 0.234. The van der Waals surface area contributed by atoms with Gasteiger partial charge in [-0.15, -0.1) is 0 Å². The van der Waals surface area contributed by atoms with Gasteiger partial charge in [0.1, 0.15) is 0 Å². The van der Waals surface area contributed by atoms with Gasteiger partial charge in [-0.3, -0.25) is 0 Å². The molecule has 1 aliphatic heterocycles. The quantitative estimate of drug-likeness (QED) is 0.755. The van der Waals surface area contributed by atoms with E-state index in [1.807, 2.05) is 0 Å². The summed E-state index contributed by atoms with van der Waals surface area (Å²) < 4.78 is 0. The number of fused-ring (bicyclic) bond motifs is 1. The fraction of sp³-hybridized carbons (Fsp3) is 0.421. The molecular weight excluding hydrogens is 318 g/mol. The topological polar surface area (TPSA) is 53.2 Å². The largest absolute Gasteiger partial charge is 0.337 e. The summed E-state index contributed by atoms with van der Waals surface area (Å²) in [6, 6.07) is 11.0. The molecule has 0 fully saturated rings. The molecule has 0 bridgehead atoms. The van der Waals surface area contributed by atoms with Crippen molar-refractivity contribution in [1.29, 1.82) is 0 Å². The molecule has 1 aromatic carbocycles. The van der Waals surface area contributed by atoms with Crippen molar-refractivity contribution in [3.05, 3.63) is 57.8 Å².